The van der Waals surface area contributed by atoms with Crippen LogP contribution in [0.2, 0.25) is 15.1 Å². The molecule has 8 heteroatoms. The number of carbonyl (C=O) groups is 2. The molecule has 0 unspecified atom stereocenters. The van der Waals surface area contributed by atoms with Crippen LogP contribution in [0, 0.1) is 0 Å². The first-order valence-corrected chi connectivity index (χ1v) is 9.02. The zero-order valence-corrected chi connectivity index (χ0v) is 15.9. The molecule has 1 aliphatic heterocycles. The average Bonchev–Trinajstić information content (AvgIpc) is 2.63. The summed E-state index contributed by atoms with van der Waals surface area (Å²) in [6, 6.07) is 9.33. The zero-order valence-electron chi connectivity index (χ0n) is 13.6. The number of nitrogens with one attached hydrogen (secondary N) is 1. The van der Waals surface area contributed by atoms with Gasteiger partial charge < -0.3 is 15.0 Å². The SMILES string of the molecule is O=C(Nc1ccc(Cl)cc1C(=O)N1CCOCC1)c1ccc(Cl)cc1Cl. The second-order valence-electron chi connectivity index (χ2n) is 5.67. The van der Waals surface area contributed by atoms with Gasteiger partial charge in [-0.2, -0.15) is 0 Å². The number of carbonyl (C=O) groups excluding carboxylic acids is 2. The van der Waals surface area contributed by atoms with Crippen molar-refractivity contribution in [3.05, 3.63) is 62.6 Å². The Hall–Kier alpha value is -1.79. The van der Waals surface area contributed by atoms with Crippen LogP contribution in [0.25, 0.3) is 0 Å². The molecule has 0 saturated carbocycles. The summed E-state index contributed by atoms with van der Waals surface area (Å²) in [6.45, 7) is 1.94. The molecule has 2 aromatic carbocycles. The van der Waals surface area contributed by atoms with E-state index in [9.17, 15) is 9.59 Å². The highest BCUT2D eigenvalue weighted by molar-refractivity contribution is 6.37. The van der Waals surface area contributed by atoms with Gasteiger partial charge in [-0.1, -0.05) is 34.8 Å². The Morgan fingerprint density at radius 3 is 2.27 bits per heavy atom. The summed E-state index contributed by atoms with van der Waals surface area (Å²) in [7, 11) is 0. The number of benzene rings is 2. The molecule has 1 saturated heterocycles. The van der Waals surface area contributed by atoms with Gasteiger partial charge in [0, 0.05) is 23.1 Å². The van der Waals surface area contributed by atoms with Gasteiger partial charge in [0.05, 0.1) is 35.1 Å². The van der Waals surface area contributed by atoms with Gasteiger partial charge in [-0.05, 0) is 36.4 Å². The van der Waals surface area contributed by atoms with Crippen molar-refractivity contribution in [3.63, 3.8) is 0 Å². The lowest BCUT2D eigenvalue weighted by molar-refractivity contribution is 0.0303. The van der Waals surface area contributed by atoms with Crippen LogP contribution in [-0.2, 0) is 4.74 Å². The predicted octanol–water partition coefficient (Wildman–Crippen LogP) is 4.37. The summed E-state index contributed by atoms with van der Waals surface area (Å²) in [5, 5.41) is 3.80. The summed E-state index contributed by atoms with van der Waals surface area (Å²) in [5.41, 5.74) is 0.940. The molecule has 1 aliphatic rings. The number of halogens is 3. The van der Waals surface area contributed by atoms with E-state index in [0.717, 1.165) is 0 Å². The lowest BCUT2D eigenvalue weighted by Gasteiger charge is -2.27. The monoisotopic (exact) mass is 412 g/mol. The number of hydrogen-bond donors (Lipinski definition) is 1. The van der Waals surface area contributed by atoms with Crippen LogP contribution in [0.3, 0.4) is 0 Å². The Morgan fingerprint density at radius 1 is 0.923 bits per heavy atom. The third kappa shape index (κ3) is 4.30. The maximum atomic E-state index is 12.8. The Labute approximate surface area is 165 Å². The van der Waals surface area contributed by atoms with E-state index in [-0.39, 0.29) is 16.5 Å². The van der Waals surface area contributed by atoms with Crippen LogP contribution in [0.1, 0.15) is 20.7 Å². The molecule has 0 aliphatic carbocycles. The van der Waals surface area contributed by atoms with Gasteiger partial charge in [0.15, 0.2) is 0 Å². The number of nitrogens with zero attached hydrogens (tertiary/aromatic N) is 1. The summed E-state index contributed by atoms with van der Waals surface area (Å²) >= 11 is 18.0. The van der Waals surface area contributed by atoms with Gasteiger partial charge in [0.25, 0.3) is 11.8 Å². The summed E-state index contributed by atoms with van der Waals surface area (Å²) < 4.78 is 5.27. The molecule has 26 heavy (non-hydrogen) atoms. The van der Waals surface area contributed by atoms with E-state index in [1.54, 1.807) is 29.2 Å². The number of rotatable bonds is 3. The van der Waals surface area contributed by atoms with E-state index < -0.39 is 5.91 Å². The molecule has 1 N–H and O–H groups in total. The molecule has 1 heterocycles. The standard InChI is InChI=1S/C18H15Cl3N2O3/c19-11-2-4-16(14(9-11)18(25)23-5-7-26-8-6-23)22-17(24)13-3-1-12(20)10-15(13)21/h1-4,9-10H,5-8H2,(H,22,24). The highest BCUT2D eigenvalue weighted by Crippen LogP contribution is 2.26. The largest absolute Gasteiger partial charge is 0.378 e. The van der Waals surface area contributed by atoms with Crippen molar-refractivity contribution in [2.75, 3.05) is 31.6 Å². The van der Waals surface area contributed by atoms with Crippen LogP contribution in [0.5, 0.6) is 0 Å². The molecule has 0 spiro atoms. The van der Waals surface area contributed by atoms with Gasteiger partial charge in [0.1, 0.15) is 0 Å². The van der Waals surface area contributed by atoms with Crippen molar-refractivity contribution in [1.82, 2.24) is 4.90 Å². The quantitative estimate of drug-likeness (QED) is 0.813. The highest BCUT2D eigenvalue weighted by Gasteiger charge is 2.23. The maximum absolute atomic E-state index is 12.8. The lowest BCUT2D eigenvalue weighted by Crippen LogP contribution is -2.41. The van der Waals surface area contributed by atoms with E-state index in [1.807, 2.05) is 0 Å². The molecule has 2 amide bonds. The lowest BCUT2D eigenvalue weighted by atomic mass is 10.1. The minimum atomic E-state index is -0.440. The molecule has 0 bridgehead atoms. The van der Waals surface area contributed by atoms with E-state index >= 15 is 0 Å². The molecule has 0 atom stereocenters. The van der Waals surface area contributed by atoms with Gasteiger partial charge in [-0.25, -0.2) is 0 Å². The number of hydrogen-bond acceptors (Lipinski definition) is 3. The molecule has 3 rings (SSSR count). The minimum absolute atomic E-state index is 0.215. The van der Waals surface area contributed by atoms with Crippen molar-refractivity contribution in [2.45, 2.75) is 0 Å². The topological polar surface area (TPSA) is 58.6 Å². The van der Waals surface area contributed by atoms with Gasteiger partial charge in [0.2, 0.25) is 0 Å². The fourth-order valence-electron chi connectivity index (χ4n) is 2.60. The van der Waals surface area contributed by atoms with Crippen molar-refractivity contribution in [1.29, 1.82) is 0 Å². The van der Waals surface area contributed by atoms with Crippen molar-refractivity contribution < 1.29 is 14.3 Å². The number of anilines is 1. The molecule has 1 fully saturated rings. The van der Waals surface area contributed by atoms with Gasteiger partial charge >= 0.3 is 0 Å². The van der Waals surface area contributed by atoms with Crippen LogP contribution >= 0.6 is 34.8 Å². The maximum Gasteiger partial charge on any atom is 0.257 e. The van der Waals surface area contributed by atoms with Crippen LogP contribution < -0.4 is 5.32 Å². The van der Waals surface area contributed by atoms with E-state index in [2.05, 4.69) is 5.32 Å². The van der Waals surface area contributed by atoms with Crippen LogP contribution in [0.15, 0.2) is 36.4 Å². The number of amides is 2. The van der Waals surface area contributed by atoms with E-state index in [1.165, 1.54) is 12.1 Å². The first kappa shape index (κ1) is 19.0. The minimum Gasteiger partial charge on any atom is -0.378 e. The predicted molar refractivity (Wildman–Crippen MR) is 103 cm³/mol. The normalized spacial score (nSPS) is 14.2. The van der Waals surface area contributed by atoms with Gasteiger partial charge in [-0.3, -0.25) is 9.59 Å². The first-order chi connectivity index (χ1) is 12.5. The summed E-state index contributed by atoms with van der Waals surface area (Å²) in [4.78, 5) is 27.1. The van der Waals surface area contributed by atoms with E-state index in [4.69, 9.17) is 39.5 Å². The molecule has 0 radical (unpaired) electrons. The molecule has 5 nitrogen and oxygen atoms in total. The summed E-state index contributed by atoms with van der Waals surface area (Å²) in [6.07, 6.45) is 0. The second kappa shape index (κ2) is 8.27. The molecule has 0 aromatic heterocycles. The second-order valence-corrected chi connectivity index (χ2v) is 6.95. The Bertz CT molecular complexity index is 852. The van der Waals surface area contributed by atoms with E-state index in [0.29, 0.717) is 47.6 Å². The van der Waals surface area contributed by atoms with Crippen LogP contribution in [0.4, 0.5) is 5.69 Å². The number of morpholine rings is 1. The fraction of sp³-hybridized carbons (Fsp3) is 0.222. The zero-order chi connectivity index (χ0) is 18.7. The Balaban J connectivity index is 1.87. The Morgan fingerprint density at radius 2 is 1.58 bits per heavy atom. The third-order valence-electron chi connectivity index (χ3n) is 3.93. The molecule has 136 valence electrons. The Kier molecular flexibility index (Phi) is 6.04. The number of ether oxygens (including phenoxy) is 1. The molecular weight excluding hydrogens is 399 g/mol. The fourth-order valence-corrected chi connectivity index (χ4v) is 3.27. The average molecular weight is 414 g/mol. The molecular formula is C18H15Cl3N2O3. The first-order valence-electron chi connectivity index (χ1n) is 7.88. The van der Waals surface area contributed by atoms with Crippen molar-refractivity contribution >= 4 is 52.3 Å². The summed E-state index contributed by atoms with van der Waals surface area (Å²) in [5.74, 6) is -0.654. The highest BCUT2D eigenvalue weighted by atomic mass is 35.5. The smallest absolute Gasteiger partial charge is 0.257 e. The van der Waals surface area contributed by atoms with Crippen molar-refractivity contribution in [2.24, 2.45) is 0 Å². The van der Waals surface area contributed by atoms with Crippen LogP contribution in [-0.4, -0.2) is 43.0 Å². The van der Waals surface area contributed by atoms with Crippen molar-refractivity contribution in [3.8, 4) is 0 Å². The molecule has 2 aromatic rings. The van der Waals surface area contributed by atoms with Gasteiger partial charge in [-0.15, -0.1) is 0 Å². The third-order valence-corrected chi connectivity index (χ3v) is 4.72.